The first kappa shape index (κ1) is 20.5. The van der Waals surface area contributed by atoms with Crippen molar-refractivity contribution in [2.75, 3.05) is 31.6 Å². The number of carbonyl (C=O) groups is 2. The van der Waals surface area contributed by atoms with Crippen LogP contribution in [0.15, 0.2) is 18.2 Å². The van der Waals surface area contributed by atoms with Gasteiger partial charge >= 0.3 is 0 Å². The molecule has 2 N–H and O–H groups in total. The third kappa shape index (κ3) is 5.42. The van der Waals surface area contributed by atoms with Gasteiger partial charge in [-0.25, -0.2) is 4.98 Å². The molecule has 0 saturated carbocycles. The summed E-state index contributed by atoms with van der Waals surface area (Å²) in [5.74, 6) is 0.903. The lowest BCUT2D eigenvalue weighted by Crippen LogP contribution is -2.44. The van der Waals surface area contributed by atoms with Gasteiger partial charge in [-0.2, -0.15) is 0 Å². The molecule has 3 rings (SSSR count). The van der Waals surface area contributed by atoms with E-state index in [0.717, 1.165) is 41.9 Å². The van der Waals surface area contributed by atoms with Crippen molar-refractivity contribution < 1.29 is 14.3 Å². The highest BCUT2D eigenvalue weighted by atomic mass is 32.1. The van der Waals surface area contributed by atoms with Crippen molar-refractivity contribution in [3.63, 3.8) is 0 Å². The van der Waals surface area contributed by atoms with Crippen molar-refractivity contribution in [2.24, 2.45) is 5.92 Å². The molecule has 0 unspecified atom stereocenters. The number of nitrogens with zero attached hydrogens (tertiary/aromatic N) is 2. The number of fused-ring (bicyclic) bond motifs is 1. The number of aromatic nitrogens is 1. The van der Waals surface area contributed by atoms with E-state index in [1.54, 1.807) is 0 Å². The normalized spacial score (nSPS) is 15.7. The lowest BCUT2D eigenvalue weighted by molar-refractivity contribution is -0.127. The van der Waals surface area contributed by atoms with Crippen LogP contribution in [-0.2, 0) is 9.59 Å². The molecule has 0 aliphatic carbocycles. The Labute approximate surface area is 169 Å². The number of ether oxygens (including phenoxy) is 1. The largest absolute Gasteiger partial charge is 0.494 e. The Morgan fingerprint density at radius 2 is 2.07 bits per heavy atom. The summed E-state index contributed by atoms with van der Waals surface area (Å²) in [6.45, 7) is 8.32. The first-order valence-electron chi connectivity index (χ1n) is 9.80. The predicted octanol–water partition coefficient (Wildman–Crippen LogP) is 2.87. The smallest absolute Gasteiger partial charge is 0.240 e. The maximum Gasteiger partial charge on any atom is 0.240 e. The minimum absolute atomic E-state index is 0.0468. The number of rotatable bonds is 7. The van der Waals surface area contributed by atoms with Crippen molar-refractivity contribution >= 4 is 38.5 Å². The van der Waals surface area contributed by atoms with E-state index < -0.39 is 0 Å². The molecule has 1 aliphatic rings. The van der Waals surface area contributed by atoms with Gasteiger partial charge < -0.3 is 15.4 Å². The van der Waals surface area contributed by atoms with E-state index in [1.807, 2.05) is 39.0 Å². The molecule has 0 atom stereocenters. The quantitative estimate of drug-likeness (QED) is 0.741. The monoisotopic (exact) mass is 404 g/mol. The van der Waals surface area contributed by atoms with Crippen molar-refractivity contribution in [3.8, 4) is 5.75 Å². The fraction of sp³-hybridized carbons (Fsp3) is 0.550. The predicted molar refractivity (Wildman–Crippen MR) is 112 cm³/mol. The molecule has 0 radical (unpaired) electrons. The maximum atomic E-state index is 12.4. The van der Waals surface area contributed by atoms with E-state index in [2.05, 4.69) is 20.5 Å². The summed E-state index contributed by atoms with van der Waals surface area (Å²) in [4.78, 5) is 31.1. The van der Waals surface area contributed by atoms with Crippen LogP contribution in [0.5, 0.6) is 5.75 Å². The molecular formula is C20H28N4O3S. The van der Waals surface area contributed by atoms with Gasteiger partial charge in [0.2, 0.25) is 11.8 Å². The number of amides is 2. The minimum Gasteiger partial charge on any atom is -0.494 e. The molecule has 1 fully saturated rings. The molecule has 1 aromatic carbocycles. The second-order valence-corrected chi connectivity index (χ2v) is 8.37. The van der Waals surface area contributed by atoms with Crippen LogP contribution in [0.25, 0.3) is 10.2 Å². The number of anilines is 1. The molecule has 2 amide bonds. The fourth-order valence-corrected chi connectivity index (χ4v) is 4.24. The summed E-state index contributed by atoms with van der Waals surface area (Å²) < 4.78 is 6.49. The van der Waals surface area contributed by atoms with Crippen molar-refractivity contribution in [3.05, 3.63) is 18.2 Å². The number of carbonyl (C=O) groups excluding carboxylic acids is 2. The standard InChI is InChI=1S/C20H28N4O3S/c1-4-27-15-5-6-16-17(11-15)28-20(22-16)23-18(25)12-24-9-7-14(8-10-24)19(26)21-13(2)3/h5-6,11,13-14H,4,7-10,12H2,1-3H3,(H,21,26)(H,22,23,25). The van der Waals surface area contributed by atoms with Crippen molar-refractivity contribution in [2.45, 2.75) is 39.7 Å². The first-order chi connectivity index (χ1) is 13.4. The summed E-state index contributed by atoms with van der Waals surface area (Å²) in [6.07, 6.45) is 1.57. The number of nitrogens with one attached hydrogen (secondary N) is 2. The third-order valence-electron chi connectivity index (χ3n) is 4.67. The van der Waals surface area contributed by atoms with Gasteiger partial charge in [-0.15, -0.1) is 0 Å². The van der Waals surface area contributed by atoms with E-state index in [4.69, 9.17) is 4.74 Å². The summed E-state index contributed by atoms with van der Waals surface area (Å²) in [5.41, 5.74) is 0.848. The lowest BCUT2D eigenvalue weighted by Gasteiger charge is -2.31. The topological polar surface area (TPSA) is 83.6 Å². The lowest BCUT2D eigenvalue weighted by atomic mass is 9.95. The van der Waals surface area contributed by atoms with Gasteiger partial charge in [-0.3, -0.25) is 14.5 Å². The molecular weight excluding hydrogens is 376 g/mol. The van der Waals surface area contributed by atoms with E-state index in [0.29, 0.717) is 18.3 Å². The van der Waals surface area contributed by atoms with Crippen LogP contribution in [0.4, 0.5) is 5.13 Å². The Kier molecular flexibility index (Phi) is 6.85. The Morgan fingerprint density at radius 1 is 1.32 bits per heavy atom. The molecule has 1 saturated heterocycles. The molecule has 2 aromatic rings. The minimum atomic E-state index is -0.0748. The average Bonchev–Trinajstić information content (AvgIpc) is 3.03. The Hall–Kier alpha value is -2.19. The zero-order valence-electron chi connectivity index (χ0n) is 16.7. The number of hydrogen-bond acceptors (Lipinski definition) is 6. The van der Waals surface area contributed by atoms with Crippen LogP contribution in [0.1, 0.15) is 33.6 Å². The van der Waals surface area contributed by atoms with E-state index >= 15 is 0 Å². The van der Waals surface area contributed by atoms with Gasteiger partial charge in [0.05, 0.1) is 23.4 Å². The molecule has 8 heteroatoms. The molecule has 1 aromatic heterocycles. The number of hydrogen-bond donors (Lipinski definition) is 2. The van der Waals surface area contributed by atoms with E-state index in [1.165, 1.54) is 11.3 Å². The van der Waals surface area contributed by atoms with Crippen LogP contribution in [0.2, 0.25) is 0 Å². The average molecular weight is 405 g/mol. The molecule has 1 aliphatic heterocycles. The highest BCUT2D eigenvalue weighted by Gasteiger charge is 2.26. The maximum absolute atomic E-state index is 12.4. The van der Waals surface area contributed by atoms with Gasteiger partial charge in [0, 0.05) is 12.0 Å². The van der Waals surface area contributed by atoms with Gasteiger partial charge in [0.15, 0.2) is 5.13 Å². The number of thiazole rings is 1. The van der Waals surface area contributed by atoms with Crippen LogP contribution < -0.4 is 15.4 Å². The Bertz CT molecular complexity index is 828. The third-order valence-corrected chi connectivity index (χ3v) is 5.61. The highest BCUT2D eigenvalue weighted by Crippen LogP contribution is 2.29. The Balaban J connectivity index is 1.49. The van der Waals surface area contributed by atoms with Crippen LogP contribution in [0.3, 0.4) is 0 Å². The van der Waals surface area contributed by atoms with Crippen molar-refractivity contribution in [1.82, 2.24) is 15.2 Å². The number of piperidine rings is 1. The second kappa shape index (κ2) is 9.34. The summed E-state index contributed by atoms with van der Waals surface area (Å²) >= 11 is 1.44. The SMILES string of the molecule is CCOc1ccc2nc(NC(=O)CN3CCC(C(=O)NC(C)C)CC3)sc2c1. The zero-order chi connectivity index (χ0) is 20.1. The number of likely N-dealkylation sites (tertiary alicyclic amines) is 1. The van der Waals surface area contributed by atoms with E-state index in [-0.39, 0.29) is 23.8 Å². The summed E-state index contributed by atoms with van der Waals surface area (Å²) in [7, 11) is 0. The van der Waals surface area contributed by atoms with Crippen LogP contribution >= 0.6 is 11.3 Å². The van der Waals surface area contributed by atoms with Crippen LogP contribution in [-0.4, -0.2) is 54.0 Å². The van der Waals surface area contributed by atoms with Crippen molar-refractivity contribution in [1.29, 1.82) is 0 Å². The van der Waals surface area contributed by atoms with Crippen LogP contribution in [0, 0.1) is 5.92 Å². The molecule has 7 nitrogen and oxygen atoms in total. The molecule has 0 spiro atoms. The second-order valence-electron chi connectivity index (χ2n) is 7.34. The first-order valence-corrected chi connectivity index (χ1v) is 10.6. The van der Waals surface area contributed by atoms with Gasteiger partial charge in [-0.05, 0) is 64.9 Å². The van der Waals surface area contributed by atoms with Gasteiger partial charge in [0.1, 0.15) is 5.75 Å². The molecule has 2 heterocycles. The van der Waals surface area contributed by atoms with E-state index in [9.17, 15) is 9.59 Å². The molecule has 28 heavy (non-hydrogen) atoms. The molecule has 152 valence electrons. The highest BCUT2D eigenvalue weighted by molar-refractivity contribution is 7.22. The fourth-order valence-electron chi connectivity index (χ4n) is 3.33. The zero-order valence-corrected chi connectivity index (χ0v) is 17.5. The Morgan fingerprint density at radius 3 is 2.75 bits per heavy atom. The van der Waals surface area contributed by atoms with Gasteiger partial charge in [-0.1, -0.05) is 11.3 Å². The number of benzene rings is 1. The summed E-state index contributed by atoms with van der Waals surface area (Å²) in [6, 6.07) is 5.89. The van der Waals surface area contributed by atoms with Gasteiger partial charge in [0.25, 0.3) is 0 Å². The molecule has 0 bridgehead atoms. The summed E-state index contributed by atoms with van der Waals surface area (Å²) in [5, 5.41) is 6.47.